The number of rotatable bonds is 0. The van der Waals surface area contributed by atoms with Gasteiger partial charge in [-0.15, -0.1) is 0 Å². The summed E-state index contributed by atoms with van der Waals surface area (Å²) in [5.74, 6) is 0.341. The Morgan fingerprint density at radius 3 is 2.83 bits per heavy atom. The van der Waals surface area contributed by atoms with Crippen molar-refractivity contribution in [1.29, 1.82) is 0 Å². The van der Waals surface area contributed by atoms with Crippen LogP contribution in [0.4, 0.5) is 5.69 Å². The SMILES string of the molecule is CC.Oc1ccc2c(c1)NCC2. The molecule has 66 valence electrons. The molecule has 12 heavy (non-hydrogen) atoms. The molecule has 2 rings (SSSR count). The minimum atomic E-state index is 0.341. The lowest BCUT2D eigenvalue weighted by molar-refractivity contribution is 0.475. The Kier molecular flexibility index (Phi) is 2.97. The Hall–Kier alpha value is -1.18. The summed E-state index contributed by atoms with van der Waals surface area (Å²) in [4.78, 5) is 0. The lowest BCUT2D eigenvalue weighted by atomic mass is 10.2. The Balaban J connectivity index is 0.000000336. The summed E-state index contributed by atoms with van der Waals surface area (Å²) >= 11 is 0. The van der Waals surface area contributed by atoms with E-state index in [1.807, 2.05) is 19.9 Å². The molecule has 0 amide bonds. The molecule has 0 saturated heterocycles. The summed E-state index contributed by atoms with van der Waals surface area (Å²) in [7, 11) is 0. The molecule has 0 atom stereocenters. The molecule has 1 heterocycles. The fourth-order valence-electron chi connectivity index (χ4n) is 1.28. The molecule has 0 fully saturated rings. The predicted molar refractivity (Wildman–Crippen MR) is 51.6 cm³/mol. The molecule has 0 unspecified atom stereocenters. The van der Waals surface area contributed by atoms with Gasteiger partial charge in [-0.05, 0) is 18.1 Å². The zero-order chi connectivity index (χ0) is 8.97. The van der Waals surface area contributed by atoms with E-state index in [1.54, 1.807) is 12.1 Å². The van der Waals surface area contributed by atoms with Gasteiger partial charge >= 0.3 is 0 Å². The number of phenolic OH excluding ortho intramolecular Hbond substituents is 1. The highest BCUT2D eigenvalue weighted by Crippen LogP contribution is 2.25. The van der Waals surface area contributed by atoms with Crippen molar-refractivity contribution in [1.82, 2.24) is 0 Å². The molecule has 1 aliphatic rings. The Morgan fingerprint density at radius 2 is 2.08 bits per heavy atom. The van der Waals surface area contributed by atoms with Crippen molar-refractivity contribution < 1.29 is 5.11 Å². The van der Waals surface area contributed by atoms with Crippen LogP contribution in [0.3, 0.4) is 0 Å². The van der Waals surface area contributed by atoms with E-state index in [0.29, 0.717) is 5.75 Å². The zero-order valence-corrected chi connectivity index (χ0v) is 7.59. The molecule has 2 N–H and O–H groups in total. The van der Waals surface area contributed by atoms with E-state index < -0.39 is 0 Å². The minimum Gasteiger partial charge on any atom is -0.508 e. The summed E-state index contributed by atoms with van der Waals surface area (Å²) in [5, 5.41) is 12.2. The van der Waals surface area contributed by atoms with E-state index in [9.17, 15) is 0 Å². The van der Waals surface area contributed by atoms with E-state index in [4.69, 9.17) is 5.11 Å². The number of benzene rings is 1. The smallest absolute Gasteiger partial charge is 0.117 e. The molecule has 1 aromatic rings. The van der Waals surface area contributed by atoms with Crippen molar-refractivity contribution in [2.75, 3.05) is 11.9 Å². The topological polar surface area (TPSA) is 32.3 Å². The van der Waals surface area contributed by atoms with E-state index in [1.165, 1.54) is 5.56 Å². The van der Waals surface area contributed by atoms with Crippen LogP contribution in [-0.4, -0.2) is 11.7 Å². The Morgan fingerprint density at radius 1 is 1.33 bits per heavy atom. The second-order valence-corrected chi connectivity index (χ2v) is 2.52. The third-order valence-electron chi connectivity index (χ3n) is 1.80. The summed E-state index contributed by atoms with van der Waals surface area (Å²) in [6.07, 6.45) is 1.08. The first kappa shape index (κ1) is 8.91. The molecule has 2 heteroatoms. The van der Waals surface area contributed by atoms with Crippen molar-refractivity contribution in [3.8, 4) is 5.75 Å². The average Bonchev–Trinajstić information content (AvgIpc) is 2.54. The van der Waals surface area contributed by atoms with Gasteiger partial charge in [0, 0.05) is 18.3 Å². The Bertz CT molecular complexity index is 258. The van der Waals surface area contributed by atoms with Crippen LogP contribution >= 0.6 is 0 Å². The first-order valence-corrected chi connectivity index (χ1v) is 4.42. The first-order chi connectivity index (χ1) is 5.86. The number of hydrogen-bond donors (Lipinski definition) is 2. The fraction of sp³-hybridized carbons (Fsp3) is 0.400. The molecule has 1 aromatic carbocycles. The van der Waals surface area contributed by atoms with Crippen LogP contribution in [0, 0.1) is 0 Å². The van der Waals surface area contributed by atoms with Crippen LogP contribution in [0.5, 0.6) is 5.75 Å². The number of nitrogens with one attached hydrogen (secondary N) is 1. The third kappa shape index (κ3) is 1.70. The lowest BCUT2D eigenvalue weighted by Crippen LogP contribution is -1.90. The monoisotopic (exact) mass is 165 g/mol. The molecular weight excluding hydrogens is 150 g/mol. The van der Waals surface area contributed by atoms with Gasteiger partial charge in [-0.25, -0.2) is 0 Å². The maximum absolute atomic E-state index is 9.06. The maximum atomic E-state index is 9.06. The van der Waals surface area contributed by atoms with Gasteiger partial charge in [-0.1, -0.05) is 19.9 Å². The van der Waals surface area contributed by atoms with E-state index in [-0.39, 0.29) is 0 Å². The molecule has 0 saturated carbocycles. The van der Waals surface area contributed by atoms with Gasteiger partial charge in [0.25, 0.3) is 0 Å². The number of hydrogen-bond acceptors (Lipinski definition) is 2. The van der Waals surface area contributed by atoms with Gasteiger partial charge in [0.05, 0.1) is 0 Å². The Labute approximate surface area is 73.2 Å². The number of aromatic hydroxyl groups is 1. The van der Waals surface area contributed by atoms with Gasteiger partial charge in [-0.3, -0.25) is 0 Å². The predicted octanol–water partition coefficient (Wildman–Crippen LogP) is 2.39. The minimum absolute atomic E-state index is 0.341. The maximum Gasteiger partial charge on any atom is 0.117 e. The second kappa shape index (κ2) is 4.00. The van der Waals surface area contributed by atoms with Crippen LogP contribution in [-0.2, 0) is 6.42 Å². The number of anilines is 1. The fourth-order valence-corrected chi connectivity index (χ4v) is 1.28. The van der Waals surface area contributed by atoms with Crippen molar-refractivity contribution in [3.05, 3.63) is 23.8 Å². The van der Waals surface area contributed by atoms with Crippen LogP contribution in [0.25, 0.3) is 0 Å². The number of fused-ring (bicyclic) bond motifs is 1. The zero-order valence-electron chi connectivity index (χ0n) is 7.59. The van der Waals surface area contributed by atoms with Gasteiger partial charge < -0.3 is 10.4 Å². The molecule has 2 nitrogen and oxygen atoms in total. The summed E-state index contributed by atoms with van der Waals surface area (Å²) in [6, 6.07) is 5.46. The van der Waals surface area contributed by atoms with Gasteiger partial charge in [-0.2, -0.15) is 0 Å². The van der Waals surface area contributed by atoms with Crippen LogP contribution in [0.1, 0.15) is 19.4 Å². The van der Waals surface area contributed by atoms with Gasteiger partial charge in [0.2, 0.25) is 0 Å². The highest BCUT2D eigenvalue weighted by atomic mass is 16.3. The summed E-state index contributed by atoms with van der Waals surface area (Å²) in [5.41, 5.74) is 2.39. The summed E-state index contributed by atoms with van der Waals surface area (Å²) in [6.45, 7) is 5.00. The van der Waals surface area contributed by atoms with Crippen molar-refractivity contribution in [2.24, 2.45) is 0 Å². The van der Waals surface area contributed by atoms with Crippen LogP contribution in [0.15, 0.2) is 18.2 Å². The van der Waals surface area contributed by atoms with Crippen molar-refractivity contribution >= 4 is 5.69 Å². The molecule has 0 aromatic heterocycles. The highest BCUT2D eigenvalue weighted by molar-refractivity contribution is 5.58. The van der Waals surface area contributed by atoms with Gasteiger partial charge in [0.15, 0.2) is 0 Å². The molecule has 0 radical (unpaired) electrons. The third-order valence-corrected chi connectivity index (χ3v) is 1.80. The molecular formula is C10H15NO. The largest absolute Gasteiger partial charge is 0.508 e. The second-order valence-electron chi connectivity index (χ2n) is 2.52. The lowest BCUT2D eigenvalue weighted by Gasteiger charge is -1.98. The average molecular weight is 165 g/mol. The van der Waals surface area contributed by atoms with Crippen LogP contribution in [0.2, 0.25) is 0 Å². The van der Waals surface area contributed by atoms with E-state index in [0.717, 1.165) is 18.7 Å². The first-order valence-electron chi connectivity index (χ1n) is 4.42. The highest BCUT2D eigenvalue weighted by Gasteiger charge is 2.08. The molecule has 0 aliphatic carbocycles. The van der Waals surface area contributed by atoms with E-state index >= 15 is 0 Å². The molecule has 0 bridgehead atoms. The van der Waals surface area contributed by atoms with Crippen LogP contribution < -0.4 is 5.32 Å². The molecule has 1 aliphatic heterocycles. The number of phenols is 1. The van der Waals surface area contributed by atoms with E-state index in [2.05, 4.69) is 5.32 Å². The normalized spacial score (nSPS) is 12.5. The van der Waals surface area contributed by atoms with Gasteiger partial charge in [0.1, 0.15) is 5.75 Å². The quantitative estimate of drug-likeness (QED) is 0.618. The summed E-state index contributed by atoms with van der Waals surface area (Å²) < 4.78 is 0. The molecule has 0 spiro atoms. The standard InChI is InChI=1S/C8H9NO.C2H6/c10-7-2-1-6-3-4-9-8(6)5-7;1-2/h1-2,5,9-10H,3-4H2;1-2H3. The van der Waals surface area contributed by atoms with Crippen molar-refractivity contribution in [3.63, 3.8) is 0 Å². The van der Waals surface area contributed by atoms with Crippen molar-refractivity contribution in [2.45, 2.75) is 20.3 Å².